The van der Waals surface area contributed by atoms with Gasteiger partial charge >= 0.3 is 0 Å². The van der Waals surface area contributed by atoms with Crippen molar-refractivity contribution in [2.75, 3.05) is 11.4 Å². The van der Waals surface area contributed by atoms with Gasteiger partial charge in [0.15, 0.2) is 0 Å². The first-order valence-corrected chi connectivity index (χ1v) is 8.04. The van der Waals surface area contributed by atoms with Gasteiger partial charge in [0.05, 0.1) is 0 Å². The van der Waals surface area contributed by atoms with Gasteiger partial charge in [-0.3, -0.25) is 4.79 Å². The van der Waals surface area contributed by atoms with Crippen LogP contribution in [0.3, 0.4) is 0 Å². The molecule has 3 heterocycles. The van der Waals surface area contributed by atoms with Crippen LogP contribution < -0.4 is 10.6 Å². The predicted octanol–water partition coefficient (Wildman–Crippen LogP) is 1.56. The second kappa shape index (κ2) is 5.99. The molecular weight excluding hydrogens is 304 g/mol. The maximum Gasteiger partial charge on any atom is 0.290 e. The summed E-state index contributed by atoms with van der Waals surface area (Å²) in [6.45, 7) is 5.14. The number of rotatable bonds is 5. The number of hydrogen-bond donors (Lipinski definition) is 1. The molecule has 2 aromatic rings. The zero-order valence-corrected chi connectivity index (χ0v) is 13.3. The maximum absolute atomic E-state index is 11.1. The molecule has 1 amide bonds. The molecule has 1 aliphatic heterocycles. The Kier molecular flexibility index (Phi) is 4.06. The second-order valence-corrected chi connectivity index (χ2v) is 6.49. The van der Waals surface area contributed by atoms with Crippen LogP contribution in [-0.2, 0) is 6.42 Å². The third kappa shape index (κ3) is 2.94. The van der Waals surface area contributed by atoms with Gasteiger partial charge < -0.3 is 15.2 Å². The van der Waals surface area contributed by atoms with E-state index in [-0.39, 0.29) is 11.9 Å². The molecule has 0 bridgehead atoms. The van der Waals surface area contributed by atoms with Crippen molar-refractivity contribution >= 4 is 22.6 Å². The number of nitrogens with zero attached hydrogens (tertiary/aromatic N) is 5. The Hall–Kier alpha value is -2.03. The van der Waals surface area contributed by atoms with Crippen molar-refractivity contribution in [3.8, 4) is 0 Å². The summed E-state index contributed by atoms with van der Waals surface area (Å²) in [5.41, 5.74) is 5.16. The molecule has 2 N–H and O–H groups in total. The molecule has 118 valence electrons. The lowest BCUT2D eigenvalue weighted by Crippen LogP contribution is -2.23. The summed E-state index contributed by atoms with van der Waals surface area (Å²) in [5.74, 6) is 1.02. The monoisotopic (exact) mass is 322 g/mol. The van der Waals surface area contributed by atoms with Crippen LogP contribution in [0.25, 0.3) is 0 Å². The molecule has 0 aromatic carbocycles. The van der Waals surface area contributed by atoms with Gasteiger partial charge in [-0.05, 0) is 18.8 Å². The van der Waals surface area contributed by atoms with Crippen molar-refractivity contribution in [3.63, 3.8) is 0 Å². The van der Waals surface area contributed by atoms with E-state index >= 15 is 0 Å². The fraction of sp³-hybridized carbons (Fsp3) is 0.615. The van der Waals surface area contributed by atoms with E-state index in [4.69, 9.17) is 10.3 Å². The zero-order chi connectivity index (χ0) is 15.7. The number of hydrogen-bond acceptors (Lipinski definition) is 8. The van der Waals surface area contributed by atoms with Crippen molar-refractivity contribution in [3.05, 3.63) is 17.5 Å². The first-order chi connectivity index (χ1) is 10.5. The molecule has 8 nitrogen and oxygen atoms in total. The summed E-state index contributed by atoms with van der Waals surface area (Å²) in [5, 5.41) is 4.47. The Morgan fingerprint density at radius 2 is 2.32 bits per heavy atom. The van der Waals surface area contributed by atoms with Gasteiger partial charge in [0.2, 0.25) is 11.0 Å². The number of anilines is 1. The van der Waals surface area contributed by atoms with Crippen molar-refractivity contribution in [2.45, 2.75) is 39.2 Å². The predicted molar refractivity (Wildman–Crippen MR) is 80.6 cm³/mol. The number of primary amides is 1. The van der Waals surface area contributed by atoms with Crippen LogP contribution in [0.1, 0.15) is 55.1 Å². The molecule has 1 atom stereocenters. The highest BCUT2D eigenvalue weighted by Gasteiger charge is 2.33. The maximum atomic E-state index is 11.1. The van der Waals surface area contributed by atoms with E-state index in [1.807, 2.05) is 0 Å². The van der Waals surface area contributed by atoms with Gasteiger partial charge in [-0.2, -0.15) is 9.36 Å². The van der Waals surface area contributed by atoms with Gasteiger partial charge in [-0.1, -0.05) is 19.0 Å². The molecule has 0 saturated carbocycles. The molecule has 0 spiro atoms. The highest BCUT2D eigenvalue weighted by atomic mass is 32.1. The fourth-order valence-corrected chi connectivity index (χ4v) is 3.30. The molecule has 0 unspecified atom stereocenters. The molecule has 22 heavy (non-hydrogen) atoms. The quantitative estimate of drug-likeness (QED) is 0.889. The average molecular weight is 322 g/mol. The number of carbonyl (C=O) groups excluding carboxylic acids is 1. The van der Waals surface area contributed by atoms with Crippen LogP contribution in [0.5, 0.6) is 0 Å². The van der Waals surface area contributed by atoms with Gasteiger partial charge in [-0.15, -0.1) is 0 Å². The second-order valence-electron chi connectivity index (χ2n) is 5.76. The normalized spacial score (nSPS) is 18.3. The number of carbonyl (C=O) groups is 1. The van der Waals surface area contributed by atoms with Gasteiger partial charge in [0.1, 0.15) is 11.9 Å². The third-order valence-electron chi connectivity index (χ3n) is 3.49. The highest BCUT2D eigenvalue weighted by Crippen LogP contribution is 2.36. The van der Waals surface area contributed by atoms with Crippen molar-refractivity contribution < 1.29 is 9.32 Å². The highest BCUT2D eigenvalue weighted by molar-refractivity contribution is 7.09. The van der Waals surface area contributed by atoms with E-state index in [9.17, 15) is 4.79 Å². The van der Waals surface area contributed by atoms with Gasteiger partial charge in [0, 0.05) is 24.5 Å². The molecule has 9 heteroatoms. The van der Waals surface area contributed by atoms with E-state index < -0.39 is 5.91 Å². The first kappa shape index (κ1) is 14.9. The van der Waals surface area contributed by atoms with Crippen molar-refractivity contribution in [2.24, 2.45) is 11.7 Å². The Morgan fingerprint density at radius 3 is 3.00 bits per heavy atom. The third-order valence-corrected chi connectivity index (χ3v) is 4.29. The summed E-state index contributed by atoms with van der Waals surface area (Å²) < 4.78 is 9.60. The minimum Gasteiger partial charge on any atom is -0.363 e. The van der Waals surface area contributed by atoms with Crippen LogP contribution in [0.2, 0.25) is 0 Å². The number of nitrogens with two attached hydrogens (primary N) is 1. The van der Waals surface area contributed by atoms with E-state index in [0.717, 1.165) is 36.8 Å². The van der Waals surface area contributed by atoms with Gasteiger partial charge in [-0.25, -0.2) is 4.98 Å². The molecule has 3 rings (SSSR count). The molecule has 0 radical (unpaired) electrons. The van der Waals surface area contributed by atoms with Crippen LogP contribution >= 0.6 is 11.5 Å². The summed E-state index contributed by atoms with van der Waals surface area (Å²) in [7, 11) is 0. The Balaban J connectivity index is 1.80. The van der Waals surface area contributed by atoms with Crippen LogP contribution in [0.15, 0.2) is 4.52 Å². The number of amides is 1. The average Bonchev–Trinajstić information content (AvgIpc) is 3.17. The minimum atomic E-state index is -0.685. The molecule has 2 aromatic heterocycles. The summed E-state index contributed by atoms with van der Waals surface area (Å²) in [6.07, 6.45) is 2.74. The minimum absolute atomic E-state index is 0.0690. The topological polar surface area (TPSA) is 111 Å². The molecular formula is C13H18N6O2S. The molecule has 1 fully saturated rings. The van der Waals surface area contributed by atoms with Crippen LogP contribution in [0.4, 0.5) is 5.13 Å². The largest absolute Gasteiger partial charge is 0.363 e. The van der Waals surface area contributed by atoms with Crippen molar-refractivity contribution in [1.82, 2.24) is 19.5 Å². The lowest BCUT2D eigenvalue weighted by atomic mass is 10.1. The Morgan fingerprint density at radius 1 is 1.50 bits per heavy atom. The van der Waals surface area contributed by atoms with E-state index in [2.05, 4.69) is 38.2 Å². The van der Waals surface area contributed by atoms with Gasteiger partial charge in [0.25, 0.3) is 11.7 Å². The van der Waals surface area contributed by atoms with E-state index in [1.54, 1.807) is 0 Å². The first-order valence-electron chi connectivity index (χ1n) is 7.27. The Labute approximate surface area is 131 Å². The summed E-state index contributed by atoms with van der Waals surface area (Å²) in [4.78, 5) is 21.9. The van der Waals surface area contributed by atoms with Crippen LogP contribution in [-0.4, -0.2) is 32.0 Å². The SMILES string of the molecule is CC(C)Cc1nsc(N2CCC[C@@H]2c2nc(C(N)=O)no2)n1. The smallest absolute Gasteiger partial charge is 0.290 e. The van der Waals surface area contributed by atoms with E-state index in [0.29, 0.717) is 11.8 Å². The Bertz CT molecular complexity index is 667. The standard InChI is InChI=1S/C13H18N6O2S/c1-7(2)6-9-15-13(22-18-9)19-5-3-4-8(19)12-16-11(10(14)20)17-21-12/h7-8H,3-6H2,1-2H3,(H2,14,20)/t8-/m1/s1. The molecule has 0 aliphatic carbocycles. The molecule has 1 aliphatic rings. The molecule has 1 saturated heterocycles. The summed E-state index contributed by atoms with van der Waals surface area (Å²) in [6, 6.07) is -0.0690. The van der Waals surface area contributed by atoms with Crippen molar-refractivity contribution in [1.29, 1.82) is 0 Å². The number of aromatic nitrogens is 4. The fourth-order valence-electron chi connectivity index (χ4n) is 2.53. The van der Waals surface area contributed by atoms with E-state index in [1.165, 1.54) is 11.5 Å². The lowest BCUT2D eigenvalue weighted by molar-refractivity contribution is 0.0987. The zero-order valence-electron chi connectivity index (χ0n) is 12.5. The van der Waals surface area contributed by atoms with Crippen LogP contribution in [0, 0.1) is 5.92 Å². The summed E-state index contributed by atoms with van der Waals surface area (Å²) >= 11 is 1.38. The lowest BCUT2D eigenvalue weighted by Gasteiger charge is -2.19.